The van der Waals surface area contributed by atoms with Gasteiger partial charge >= 0.3 is 0 Å². The fourth-order valence-corrected chi connectivity index (χ4v) is 3.71. The largest absolute Gasteiger partial charge is 0.354 e. The minimum atomic E-state index is -0.445. The summed E-state index contributed by atoms with van der Waals surface area (Å²) in [6.07, 6.45) is 3.37. The molecule has 0 bridgehead atoms. The van der Waals surface area contributed by atoms with E-state index in [9.17, 15) is 14.4 Å². The third-order valence-corrected chi connectivity index (χ3v) is 5.34. The average Bonchev–Trinajstić information content (AvgIpc) is 3.23. The molecule has 1 fully saturated rings. The second-order valence-electron chi connectivity index (χ2n) is 7.35. The zero-order chi connectivity index (χ0) is 21.5. The van der Waals surface area contributed by atoms with Crippen molar-refractivity contribution in [3.8, 4) is 0 Å². The van der Waals surface area contributed by atoms with Crippen molar-refractivity contribution in [2.45, 2.75) is 38.6 Å². The summed E-state index contributed by atoms with van der Waals surface area (Å²) in [6.45, 7) is 3.23. The molecule has 0 aromatic heterocycles. The fourth-order valence-electron chi connectivity index (χ4n) is 3.52. The zero-order valence-corrected chi connectivity index (χ0v) is 17.7. The van der Waals surface area contributed by atoms with E-state index >= 15 is 0 Å². The average molecular weight is 428 g/mol. The topological polar surface area (TPSA) is 78.5 Å². The highest BCUT2D eigenvalue weighted by Gasteiger charge is 2.34. The van der Waals surface area contributed by atoms with E-state index < -0.39 is 6.04 Å². The number of likely N-dealkylation sites (tertiary alicyclic amines) is 1. The first-order chi connectivity index (χ1) is 14.5. The lowest BCUT2D eigenvalue weighted by atomic mass is 10.1. The summed E-state index contributed by atoms with van der Waals surface area (Å²) in [5.41, 5.74) is 1.38. The number of amides is 3. The van der Waals surface area contributed by atoms with Gasteiger partial charge in [0.25, 0.3) is 11.8 Å². The van der Waals surface area contributed by atoms with E-state index in [1.807, 2.05) is 0 Å². The summed E-state index contributed by atoms with van der Waals surface area (Å²) in [5.74, 6) is -0.613. The van der Waals surface area contributed by atoms with Crippen LogP contribution in [0.1, 0.15) is 53.3 Å². The third kappa shape index (κ3) is 5.39. The van der Waals surface area contributed by atoms with Gasteiger partial charge in [-0.25, -0.2) is 0 Å². The molecule has 2 N–H and O–H groups in total. The molecule has 0 saturated carbocycles. The van der Waals surface area contributed by atoms with E-state index in [0.29, 0.717) is 41.3 Å². The molecule has 0 aliphatic carbocycles. The van der Waals surface area contributed by atoms with E-state index in [1.54, 1.807) is 53.4 Å². The second kappa shape index (κ2) is 10.3. The normalized spacial score (nSPS) is 15.7. The third-order valence-electron chi connectivity index (χ3n) is 5.10. The highest BCUT2D eigenvalue weighted by molar-refractivity contribution is 6.31. The molecule has 7 heteroatoms. The van der Waals surface area contributed by atoms with E-state index in [1.165, 1.54) is 0 Å². The first-order valence-corrected chi connectivity index (χ1v) is 10.6. The number of nitrogens with one attached hydrogen (secondary N) is 2. The molecule has 0 spiro atoms. The zero-order valence-electron chi connectivity index (χ0n) is 17.0. The quantitative estimate of drug-likeness (QED) is 0.652. The van der Waals surface area contributed by atoms with Crippen molar-refractivity contribution in [2.24, 2.45) is 0 Å². The van der Waals surface area contributed by atoms with Gasteiger partial charge in [0.05, 0.1) is 0 Å². The highest BCUT2D eigenvalue weighted by Crippen LogP contribution is 2.22. The molecule has 158 valence electrons. The summed E-state index contributed by atoms with van der Waals surface area (Å²) in [7, 11) is 0. The van der Waals surface area contributed by atoms with Crippen LogP contribution in [0.25, 0.3) is 0 Å². The van der Waals surface area contributed by atoms with Crippen molar-refractivity contribution in [2.75, 3.05) is 18.4 Å². The maximum absolute atomic E-state index is 13.1. The van der Waals surface area contributed by atoms with Crippen molar-refractivity contribution in [1.82, 2.24) is 10.2 Å². The minimum absolute atomic E-state index is 0.0975. The summed E-state index contributed by atoms with van der Waals surface area (Å²) in [5, 5.41) is 6.19. The Labute approximate surface area is 181 Å². The van der Waals surface area contributed by atoms with Crippen LogP contribution < -0.4 is 10.6 Å². The Morgan fingerprint density at radius 3 is 2.63 bits per heavy atom. The van der Waals surface area contributed by atoms with Crippen LogP contribution in [-0.2, 0) is 4.79 Å². The van der Waals surface area contributed by atoms with Crippen LogP contribution in [0.5, 0.6) is 0 Å². The molecule has 1 atom stereocenters. The Balaban J connectivity index is 1.69. The van der Waals surface area contributed by atoms with Crippen molar-refractivity contribution < 1.29 is 14.4 Å². The number of hydrogen-bond donors (Lipinski definition) is 2. The van der Waals surface area contributed by atoms with Gasteiger partial charge in [0.15, 0.2) is 0 Å². The van der Waals surface area contributed by atoms with Gasteiger partial charge in [-0.05, 0) is 55.7 Å². The summed E-state index contributed by atoms with van der Waals surface area (Å²) in [6, 6.07) is 13.0. The van der Waals surface area contributed by atoms with Crippen molar-refractivity contribution in [3.05, 3.63) is 64.7 Å². The van der Waals surface area contributed by atoms with Gasteiger partial charge in [-0.2, -0.15) is 0 Å². The maximum Gasteiger partial charge on any atom is 0.255 e. The van der Waals surface area contributed by atoms with Gasteiger partial charge < -0.3 is 15.5 Å². The lowest BCUT2D eigenvalue weighted by Crippen LogP contribution is -2.46. The molecular weight excluding hydrogens is 402 g/mol. The maximum atomic E-state index is 13.1. The Hall–Kier alpha value is -2.86. The summed E-state index contributed by atoms with van der Waals surface area (Å²) in [4.78, 5) is 39.6. The Bertz CT molecular complexity index is 931. The number of benzene rings is 2. The molecule has 3 amide bonds. The van der Waals surface area contributed by atoms with Crippen LogP contribution in [0.3, 0.4) is 0 Å². The highest BCUT2D eigenvalue weighted by atomic mass is 35.5. The predicted octanol–water partition coefficient (Wildman–Crippen LogP) is 4.11. The SMILES string of the molecule is CCCCNC(=O)C1CCCN1C(=O)c1cccc(NC(=O)c2cccc(Cl)c2)c1. The van der Waals surface area contributed by atoms with Gasteiger partial charge in [-0.15, -0.1) is 0 Å². The molecule has 1 heterocycles. The molecule has 2 aromatic carbocycles. The van der Waals surface area contributed by atoms with Gasteiger partial charge in [0.2, 0.25) is 5.91 Å². The number of carbonyl (C=O) groups is 3. The molecule has 1 aliphatic rings. The van der Waals surface area contributed by atoms with Crippen LogP contribution in [0.15, 0.2) is 48.5 Å². The number of hydrogen-bond acceptors (Lipinski definition) is 3. The van der Waals surface area contributed by atoms with Crippen LogP contribution in [0, 0.1) is 0 Å². The number of nitrogens with zero attached hydrogens (tertiary/aromatic N) is 1. The van der Waals surface area contributed by atoms with Crippen LogP contribution in [0.2, 0.25) is 5.02 Å². The molecule has 30 heavy (non-hydrogen) atoms. The number of anilines is 1. The molecular formula is C23H26ClN3O3. The molecule has 1 saturated heterocycles. The Kier molecular flexibility index (Phi) is 7.46. The molecule has 2 aromatic rings. The summed E-state index contributed by atoms with van der Waals surface area (Å²) < 4.78 is 0. The smallest absolute Gasteiger partial charge is 0.255 e. The van der Waals surface area contributed by atoms with Crippen molar-refractivity contribution in [1.29, 1.82) is 0 Å². The summed E-state index contributed by atoms with van der Waals surface area (Å²) >= 11 is 5.95. The van der Waals surface area contributed by atoms with Gasteiger partial charge in [-0.1, -0.05) is 37.1 Å². The van der Waals surface area contributed by atoms with Gasteiger partial charge in [-0.3, -0.25) is 14.4 Å². The lowest BCUT2D eigenvalue weighted by molar-refractivity contribution is -0.124. The first-order valence-electron chi connectivity index (χ1n) is 10.2. The van der Waals surface area contributed by atoms with Crippen molar-refractivity contribution >= 4 is 35.0 Å². The van der Waals surface area contributed by atoms with Crippen LogP contribution in [0.4, 0.5) is 5.69 Å². The van der Waals surface area contributed by atoms with E-state index in [2.05, 4.69) is 17.6 Å². The number of carbonyl (C=O) groups excluding carboxylic acids is 3. The van der Waals surface area contributed by atoms with Crippen molar-refractivity contribution in [3.63, 3.8) is 0 Å². The van der Waals surface area contributed by atoms with E-state index in [-0.39, 0.29) is 17.7 Å². The van der Waals surface area contributed by atoms with Gasteiger partial charge in [0.1, 0.15) is 6.04 Å². The molecule has 1 aliphatic heterocycles. The number of unbranched alkanes of at least 4 members (excludes halogenated alkanes) is 1. The second-order valence-corrected chi connectivity index (χ2v) is 7.78. The monoisotopic (exact) mass is 427 g/mol. The Morgan fingerprint density at radius 2 is 1.87 bits per heavy atom. The van der Waals surface area contributed by atoms with Crippen LogP contribution >= 0.6 is 11.6 Å². The van der Waals surface area contributed by atoms with E-state index in [4.69, 9.17) is 11.6 Å². The Morgan fingerprint density at radius 1 is 1.10 bits per heavy atom. The standard InChI is InChI=1S/C23H26ClN3O3/c1-2-3-12-25-22(29)20-11-6-13-27(20)23(30)17-8-5-10-19(15-17)26-21(28)16-7-4-9-18(24)14-16/h4-5,7-10,14-15,20H,2-3,6,11-13H2,1H3,(H,25,29)(H,26,28). The molecule has 3 rings (SSSR count). The first kappa shape index (κ1) is 21.8. The lowest BCUT2D eigenvalue weighted by Gasteiger charge is -2.24. The number of halogens is 1. The number of rotatable bonds is 7. The molecule has 0 radical (unpaired) electrons. The predicted molar refractivity (Wildman–Crippen MR) is 118 cm³/mol. The van der Waals surface area contributed by atoms with Gasteiger partial charge in [0, 0.05) is 34.9 Å². The van der Waals surface area contributed by atoms with E-state index in [0.717, 1.165) is 19.3 Å². The minimum Gasteiger partial charge on any atom is -0.354 e. The molecule has 6 nitrogen and oxygen atoms in total. The molecule has 1 unspecified atom stereocenters. The van der Waals surface area contributed by atoms with Crippen LogP contribution in [-0.4, -0.2) is 41.8 Å². The fraction of sp³-hybridized carbons (Fsp3) is 0.348.